The maximum Gasteiger partial charge on any atom is 0.260 e. The third kappa shape index (κ3) is 3.70. The Labute approximate surface area is 141 Å². The topological polar surface area (TPSA) is 48.0 Å². The van der Waals surface area contributed by atoms with Crippen molar-refractivity contribution in [3.05, 3.63) is 30.1 Å². The lowest BCUT2D eigenvalue weighted by Gasteiger charge is -2.50. The predicted octanol–water partition coefficient (Wildman–Crippen LogP) is 2.25. The van der Waals surface area contributed by atoms with Crippen molar-refractivity contribution in [3.63, 3.8) is 0 Å². The molecule has 5 nitrogen and oxygen atoms in total. The number of fused-ring (bicyclic) bond motifs is 1. The normalized spacial score (nSPS) is 26.8. The van der Waals surface area contributed by atoms with Crippen molar-refractivity contribution >= 4 is 5.91 Å². The van der Waals surface area contributed by atoms with E-state index >= 15 is 0 Å². The van der Waals surface area contributed by atoms with E-state index in [9.17, 15) is 9.18 Å². The van der Waals surface area contributed by atoms with Gasteiger partial charge in [0.2, 0.25) is 0 Å². The van der Waals surface area contributed by atoms with Gasteiger partial charge in [-0.3, -0.25) is 4.79 Å². The summed E-state index contributed by atoms with van der Waals surface area (Å²) < 4.78 is 29.7. The number of ether oxygens (including phenoxy) is 3. The quantitative estimate of drug-likeness (QED) is 0.827. The Bertz CT molecular complexity index is 561. The molecule has 0 radical (unpaired) electrons. The van der Waals surface area contributed by atoms with E-state index in [0.29, 0.717) is 25.4 Å². The van der Waals surface area contributed by atoms with Gasteiger partial charge < -0.3 is 19.1 Å². The van der Waals surface area contributed by atoms with E-state index in [2.05, 4.69) is 0 Å². The van der Waals surface area contributed by atoms with Gasteiger partial charge in [0.05, 0.1) is 12.7 Å². The molecule has 24 heavy (non-hydrogen) atoms. The maximum absolute atomic E-state index is 12.9. The summed E-state index contributed by atoms with van der Waals surface area (Å²) in [6.45, 7) is 2.65. The fourth-order valence-electron chi connectivity index (χ4n) is 3.77. The second-order valence-electron chi connectivity index (χ2n) is 6.60. The number of hydrogen-bond donors (Lipinski definition) is 0. The van der Waals surface area contributed by atoms with E-state index in [0.717, 1.165) is 25.9 Å². The van der Waals surface area contributed by atoms with Crippen molar-refractivity contribution in [3.8, 4) is 5.75 Å². The van der Waals surface area contributed by atoms with Crippen LogP contribution in [0.25, 0.3) is 0 Å². The molecule has 0 aromatic heterocycles. The van der Waals surface area contributed by atoms with Crippen LogP contribution in [0, 0.1) is 11.2 Å². The fraction of sp³-hybridized carbons (Fsp3) is 0.611. The van der Waals surface area contributed by atoms with Crippen molar-refractivity contribution in [2.24, 2.45) is 5.41 Å². The van der Waals surface area contributed by atoms with Crippen LogP contribution in [-0.4, -0.2) is 56.9 Å². The second kappa shape index (κ2) is 7.49. The Kier molecular flexibility index (Phi) is 5.36. The first-order chi connectivity index (χ1) is 11.6. The number of carbonyl (C=O) groups excluding carboxylic acids is 1. The van der Waals surface area contributed by atoms with Gasteiger partial charge in [-0.05, 0) is 43.5 Å². The molecule has 6 heteroatoms. The van der Waals surface area contributed by atoms with E-state index < -0.39 is 0 Å². The largest absolute Gasteiger partial charge is 0.484 e. The van der Waals surface area contributed by atoms with Crippen LogP contribution in [-0.2, 0) is 14.3 Å². The molecule has 0 bridgehead atoms. The van der Waals surface area contributed by atoms with E-state index in [4.69, 9.17) is 14.2 Å². The molecule has 0 spiro atoms. The van der Waals surface area contributed by atoms with Gasteiger partial charge >= 0.3 is 0 Å². The molecule has 2 aliphatic heterocycles. The molecule has 132 valence electrons. The molecule has 0 unspecified atom stereocenters. The minimum absolute atomic E-state index is 0.0415. The lowest BCUT2D eigenvalue weighted by Crippen LogP contribution is -2.58. The van der Waals surface area contributed by atoms with Gasteiger partial charge in [-0.1, -0.05) is 0 Å². The summed E-state index contributed by atoms with van der Waals surface area (Å²) in [6, 6.07) is 5.68. The number of methoxy groups -OCH3 is 1. The fourth-order valence-corrected chi connectivity index (χ4v) is 3.77. The van der Waals surface area contributed by atoms with Crippen LogP contribution in [0.1, 0.15) is 19.3 Å². The molecule has 0 N–H and O–H groups in total. The van der Waals surface area contributed by atoms with E-state index in [1.54, 1.807) is 7.11 Å². The van der Waals surface area contributed by atoms with Gasteiger partial charge in [-0.15, -0.1) is 0 Å². The molecule has 1 aromatic rings. The molecular formula is C18H24FNO4. The van der Waals surface area contributed by atoms with Crippen molar-refractivity contribution < 1.29 is 23.4 Å². The van der Waals surface area contributed by atoms with E-state index in [1.807, 2.05) is 4.90 Å². The highest BCUT2D eigenvalue weighted by Gasteiger charge is 2.47. The monoisotopic (exact) mass is 337 g/mol. The lowest BCUT2D eigenvalue weighted by atomic mass is 9.73. The summed E-state index contributed by atoms with van der Waals surface area (Å²) in [6.07, 6.45) is 2.99. The molecule has 1 amide bonds. The summed E-state index contributed by atoms with van der Waals surface area (Å²) in [7, 11) is 1.69. The number of likely N-dealkylation sites (tertiary alicyclic amines) is 1. The standard InChI is InChI=1S/C18H24FNO4/c1-22-13-18-8-2-10-23-16(18)7-9-20(12-18)17(21)11-24-15-5-3-14(19)4-6-15/h3-6,16H,2,7-13H2,1H3/t16-,18-/m1/s1. The Hall–Kier alpha value is -1.66. The molecule has 2 heterocycles. The number of halogens is 1. The van der Waals surface area contributed by atoms with Gasteiger partial charge in [0, 0.05) is 32.2 Å². The van der Waals surface area contributed by atoms with E-state index in [1.165, 1.54) is 24.3 Å². The molecule has 3 rings (SSSR count). The first-order valence-electron chi connectivity index (χ1n) is 8.40. The third-order valence-electron chi connectivity index (χ3n) is 4.95. The molecule has 0 aliphatic carbocycles. The summed E-state index contributed by atoms with van der Waals surface area (Å²) in [5, 5.41) is 0. The zero-order valence-electron chi connectivity index (χ0n) is 14.0. The molecule has 0 saturated carbocycles. The first kappa shape index (κ1) is 17.2. The SMILES string of the molecule is COC[C@]12CCCO[C@@H]1CCN(C(=O)COc1ccc(F)cc1)C2. The van der Waals surface area contributed by atoms with Crippen LogP contribution in [0.4, 0.5) is 4.39 Å². The van der Waals surface area contributed by atoms with Crippen molar-refractivity contribution in [2.45, 2.75) is 25.4 Å². The summed E-state index contributed by atoms with van der Waals surface area (Å²) in [4.78, 5) is 14.3. The van der Waals surface area contributed by atoms with Crippen molar-refractivity contribution in [1.29, 1.82) is 0 Å². The molecule has 2 fully saturated rings. The highest BCUT2D eigenvalue weighted by molar-refractivity contribution is 5.78. The Balaban J connectivity index is 1.59. The number of benzene rings is 1. The smallest absolute Gasteiger partial charge is 0.260 e. The zero-order valence-corrected chi connectivity index (χ0v) is 14.0. The second-order valence-corrected chi connectivity index (χ2v) is 6.60. The number of amides is 1. The molecule has 2 atom stereocenters. The minimum atomic E-state index is -0.324. The summed E-state index contributed by atoms with van der Waals surface area (Å²) in [5.41, 5.74) is -0.114. The number of nitrogens with zero attached hydrogens (tertiary/aromatic N) is 1. The average Bonchev–Trinajstić information content (AvgIpc) is 2.60. The average molecular weight is 337 g/mol. The van der Waals surface area contributed by atoms with Gasteiger partial charge in [0.25, 0.3) is 5.91 Å². The van der Waals surface area contributed by atoms with Crippen LogP contribution < -0.4 is 4.74 Å². The summed E-state index contributed by atoms with van der Waals surface area (Å²) >= 11 is 0. The molecule has 2 saturated heterocycles. The lowest BCUT2D eigenvalue weighted by molar-refractivity contribution is -0.163. The van der Waals surface area contributed by atoms with E-state index in [-0.39, 0.29) is 29.9 Å². The number of rotatable bonds is 5. The van der Waals surface area contributed by atoms with Crippen LogP contribution in [0.2, 0.25) is 0 Å². The number of hydrogen-bond acceptors (Lipinski definition) is 4. The minimum Gasteiger partial charge on any atom is -0.484 e. The first-order valence-corrected chi connectivity index (χ1v) is 8.40. The number of carbonyl (C=O) groups is 1. The van der Waals surface area contributed by atoms with Gasteiger partial charge in [0.15, 0.2) is 6.61 Å². The predicted molar refractivity (Wildman–Crippen MR) is 86.4 cm³/mol. The van der Waals surface area contributed by atoms with Crippen LogP contribution >= 0.6 is 0 Å². The van der Waals surface area contributed by atoms with Crippen molar-refractivity contribution in [2.75, 3.05) is 40.0 Å². The number of piperidine rings is 1. The highest BCUT2D eigenvalue weighted by Crippen LogP contribution is 2.40. The Morgan fingerprint density at radius 3 is 2.96 bits per heavy atom. The van der Waals surface area contributed by atoms with Gasteiger partial charge in [-0.2, -0.15) is 0 Å². The highest BCUT2D eigenvalue weighted by atomic mass is 19.1. The van der Waals surface area contributed by atoms with Crippen LogP contribution in [0.15, 0.2) is 24.3 Å². The van der Waals surface area contributed by atoms with Crippen molar-refractivity contribution in [1.82, 2.24) is 4.90 Å². The summed E-state index contributed by atoms with van der Waals surface area (Å²) in [5.74, 6) is 0.112. The third-order valence-corrected chi connectivity index (χ3v) is 4.95. The Morgan fingerprint density at radius 2 is 2.21 bits per heavy atom. The van der Waals surface area contributed by atoms with Crippen LogP contribution in [0.3, 0.4) is 0 Å². The zero-order chi connectivity index (χ0) is 17.0. The van der Waals surface area contributed by atoms with Crippen LogP contribution in [0.5, 0.6) is 5.75 Å². The Morgan fingerprint density at radius 1 is 1.42 bits per heavy atom. The molecular weight excluding hydrogens is 313 g/mol. The maximum atomic E-state index is 12.9. The molecule has 1 aromatic carbocycles. The van der Waals surface area contributed by atoms with Gasteiger partial charge in [-0.25, -0.2) is 4.39 Å². The van der Waals surface area contributed by atoms with Gasteiger partial charge in [0.1, 0.15) is 11.6 Å². The molecule has 2 aliphatic rings.